The molecule has 3 aromatic rings. The summed E-state index contributed by atoms with van der Waals surface area (Å²) in [6, 6.07) is 22.6. The van der Waals surface area contributed by atoms with E-state index in [0.717, 1.165) is 29.9 Å². The normalized spacial score (nSPS) is 15.1. The highest BCUT2D eigenvalue weighted by molar-refractivity contribution is 5.94. The van der Waals surface area contributed by atoms with Crippen molar-refractivity contribution in [2.75, 3.05) is 37.0 Å². The average Bonchev–Trinajstić information content (AvgIpc) is 2.85. The molecule has 1 aromatic heterocycles. The Morgan fingerprint density at radius 2 is 1.85 bits per heavy atom. The summed E-state index contributed by atoms with van der Waals surface area (Å²) in [4.78, 5) is 19.9. The van der Waals surface area contributed by atoms with Crippen LogP contribution in [0.5, 0.6) is 0 Å². The molecule has 2 heterocycles. The number of nitriles is 1. The zero-order chi connectivity index (χ0) is 23.9. The Labute approximate surface area is 200 Å². The first-order valence-corrected chi connectivity index (χ1v) is 11.4. The van der Waals surface area contributed by atoms with E-state index in [2.05, 4.69) is 33.5 Å². The Balaban J connectivity index is 1.41. The third-order valence-electron chi connectivity index (χ3n) is 6.18. The molecule has 7 heteroatoms. The van der Waals surface area contributed by atoms with E-state index < -0.39 is 6.04 Å². The highest BCUT2D eigenvalue weighted by Crippen LogP contribution is 2.23. The monoisotopic (exact) mass is 455 g/mol. The quantitative estimate of drug-likeness (QED) is 0.509. The summed E-state index contributed by atoms with van der Waals surface area (Å²) in [7, 11) is 1.72. The van der Waals surface area contributed by atoms with Crippen LogP contribution >= 0.6 is 0 Å². The molecule has 0 bridgehead atoms. The molecule has 34 heavy (non-hydrogen) atoms. The van der Waals surface area contributed by atoms with Gasteiger partial charge in [0.1, 0.15) is 11.9 Å². The maximum atomic E-state index is 13.2. The summed E-state index contributed by atoms with van der Waals surface area (Å²) in [6.07, 6.45) is 2.04. The minimum absolute atomic E-state index is 0.164. The number of amides is 1. The molecule has 1 aliphatic rings. The third kappa shape index (κ3) is 5.60. The van der Waals surface area contributed by atoms with Crippen molar-refractivity contribution in [1.29, 1.82) is 5.26 Å². The van der Waals surface area contributed by atoms with Crippen LogP contribution in [0.3, 0.4) is 0 Å². The van der Waals surface area contributed by atoms with Gasteiger partial charge in [-0.3, -0.25) is 4.79 Å². The van der Waals surface area contributed by atoms with E-state index in [1.807, 2.05) is 66.7 Å². The van der Waals surface area contributed by atoms with Crippen molar-refractivity contribution in [3.05, 3.63) is 89.6 Å². The number of hydrogen-bond donors (Lipinski definition) is 2. The number of anilines is 2. The molecule has 1 unspecified atom stereocenters. The molecular formula is C27H29N5O2. The number of methoxy groups -OCH3 is 1. The Morgan fingerprint density at radius 1 is 1.12 bits per heavy atom. The molecule has 1 fully saturated rings. The van der Waals surface area contributed by atoms with Crippen LogP contribution in [-0.4, -0.2) is 43.7 Å². The zero-order valence-electron chi connectivity index (χ0n) is 19.4. The number of pyridine rings is 1. The second-order valence-corrected chi connectivity index (χ2v) is 8.54. The Morgan fingerprint density at radius 3 is 2.47 bits per heavy atom. The predicted molar refractivity (Wildman–Crippen MR) is 133 cm³/mol. The molecular weight excluding hydrogens is 426 g/mol. The van der Waals surface area contributed by atoms with Crippen LogP contribution in [0.15, 0.2) is 72.9 Å². The summed E-state index contributed by atoms with van der Waals surface area (Å²) < 4.78 is 5.32. The van der Waals surface area contributed by atoms with Gasteiger partial charge >= 0.3 is 0 Å². The first-order chi connectivity index (χ1) is 16.6. The van der Waals surface area contributed by atoms with Gasteiger partial charge in [-0.05, 0) is 41.3 Å². The molecule has 0 spiro atoms. The first-order valence-electron chi connectivity index (χ1n) is 11.4. The summed E-state index contributed by atoms with van der Waals surface area (Å²) in [6.45, 7) is 4.39. The van der Waals surface area contributed by atoms with Gasteiger partial charge in [0.2, 0.25) is 5.91 Å². The van der Waals surface area contributed by atoms with Crippen LogP contribution in [0, 0.1) is 11.3 Å². The standard InChI is InChI=1S/C27H29N5O2/c1-19(21-10-8-20(14-28)9-11-21)15-30-26(22-6-4-3-5-7-22)27(33)31-25-13-12-23(16-29-25)32-17-24(18-32)34-2/h3-13,16,19,24,26,30H,15,17-18H2,1-2H3,(H,29,31,33)/t19-,26?/m0/s1. The summed E-state index contributed by atoms with van der Waals surface area (Å²) in [5.74, 6) is 0.513. The van der Waals surface area contributed by atoms with Crippen molar-refractivity contribution in [1.82, 2.24) is 10.3 Å². The fourth-order valence-electron chi connectivity index (χ4n) is 3.95. The van der Waals surface area contributed by atoms with Crippen LogP contribution in [0.2, 0.25) is 0 Å². The zero-order valence-corrected chi connectivity index (χ0v) is 19.4. The van der Waals surface area contributed by atoms with Gasteiger partial charge < -0.3 is 20.3 Å². The van der Waals surface area contributed by atoms with E-state index in [4.69, 9.17) is 10.00 Å². The largest absolute Gasteiger partial charge is 0.378 e. The lowest BCUT2D eigenvalue weighted by Crippen LogP contribution is -2.51. The van der Waals surface area contributed by atoms with Gasteiger partial charge in [0.15, 0.2) is 0 Å². The number of ether oxygens (including phenoxy) is 1. The molecule has 1 amide bonds. The lowest BCUT2D eigenvalue weighted by atomic mass is 9.98. The van der Waals surface area contributed by atoms with Crippen molar-refractivity contribution >= 4 is 17.4 Å². The molecule has 1 saturated heterocycles. The number of benzene rings is 2. The fourth-order valence-corrected chi connectivity index (χ4v) is 3.95. The maximum absolute atomic E-state index is 13.2. The Bertz CT molecular complexity index is 1120. The van der Waals surface area contributed by atoms with E-state index in [1.54, 1.807) is 13.3 Å². The van der Waals surface area contributed by atoms with Crippen LogP contribution < -0.4 is 15.5 Å². The van der Waals surface area contributed by atoms with Crippen LogP contribution in [0.1, 0.15) is 35.6 Å². The molecule has 0 aliphatic carbocycles. The number of hydrogen-bond acceptors (Lipinski definition) is 6. The van der Waals surface area contributed by atoms with Gasteiger partial charge in [-0.2, -0.15) is 5.26 Å². The molecule has 174 valence electrons. The predicted octanol–water partition coefficient (Wildman–Crippen LogP) is 3.86. The first kappa shape index (κ1) is 23.4. The molecule has 4 rings (SSSR count). The third-order valence-corrected chi connectivity index (χ3v) is 6.18. The summed E-state index contributed by atoms with van der Waals surface area (Å²) in [5, 5.41) is 15.4. The van der Waals surface area contributed by atoms with Crippen molar-refractivity contribution in [3.63, 3.8) is 0 Å². The van der Waals surface area contributed by atoms with Gasteiger partial charge in [-0.15, -0.1) is 0 Å². The van der Waals surface area contributed by atoms with Gasteiger partial charge in [-0.1, -0.05) is 49.4 Å². The lowest BCUT2D eigenvalue weighted by Gasteiger charge is -2.39. The topological polar surface area (TPSA) is 90.3 Å². The number of carbonyl (C=O) groups excluding carboxylic acids is 1. The smallest absolute Gasteiger partial charge is 0.247 e. The SMILES string of the molecule is COC1CN(c2ccc(NC(=O)C(NC[C@H](C)c3ccc(C#N)cc3)c3ccccc3)nc2)C1. The maximum Gasteiger partial charge on any atom is 0.247 e. The van der Waals surface area contributed by atoms with Gasteiger partial charge in [0.25, 0.3) is 0 Å². The fraction of sp³-hybridized carbons (Fsp3) is 0.296. The highest BCUT2D eigenvalue weighted by atomic mass is 16.5. The summed E-state index contributed by atoms with van der Waals surface area (Å²) in [5.41, 5.74) is 3.64. The second kappa shape index (κ2) is 10.9. The molecule has 1 aliphatic heterocycles. The van der Waals surface area contributed by atoms with Crippen molar-refractivity contribution in [2.24, 2.45) is 0 Å². The van der Waals surface area contributed by atoms with Crippen LogP contribution in [0.25, 0.3) is 0 Å². The van der Waals surface area contributed by atoms with Crippen molar-refractivity contribution in [3.8, 4) is 6.07 Å². The van der Waals surface area contributed by atoms with Crippen LogP contribution in [0.4, 0.5) is 11.5 Å². The number of rotatable bonds is 9. The number of carbonyl (C=O) groups is 1. The molecule has 2 N–H and O–H groups in total. The number of nitrogens with zero attached hydrogens (tertiary/aromatic N) is 3. The Kier molecular flexibility index (Phi) is 7.53. The summed E-state index contributed by atoms with van der Waals surface area (Å²) >= 11 is 0. The van der Waals surface area contributed by atoms with E-state index in [9.17, 15) is 4.79 Å². The molecule has 2 atom stereocenters. The molecule has 0 radical (unpaired) electrons. The van der Waals surface area contributed by atoms with Crippen LogP contribution in [-0.2, 0) is 9.53 Å². The van der Waals surface area contributed by atoms with Gasteiger partial charge in [0, 0.05) is 26.7 Å². The average molecular weight is 456 g/mol. The van der Waals surface area contributed by atoms with E-state index >= 15 is 0 Å². The number of nitrogens with one attached hydrogen (secondary N) is 2. The van der Waals surface area contributed by atoms with Gasteiger partial charge in [-0.25, -0.2) is 4.98 Å². The van der Waals surface area contributed by atoms with E-state index in [1.165, 1.54) is 0 Å². The minimum atomic E-state index is -0.527. The lowest BCUT2D eigenvalue weighted by molar-refractivity contribution is -0.118. The van der Waals surface area contributed by atoms with Gasteiger partial charge in [0.05, 0.1) is 29.6 Å². The second-order valence-electron chi connectivity index (χ2n) is 8.54. The van der Waals surface area contributed by atoms with Crippen molar-refractivity contribution in [2.45, 2.75) is 25.0 Å². The minimum Gasteiger partial charge on any atom is -0.378 e. The van der Waals surface area contributed by atoms with Crippen molar-refractivity contribution < 1.29 is 9.53 Å². The molecule has 7 nitrogen and oxygen atoms in total. The van der Waals surface area contributed by atoms with E-state index in [0.29, 0.717) is 17.9 Å². The highest BCUT2D eigenvalue weighted by Gasteiger charge is 2.27. The number of aromatic nitrogens is 1. The Hall–Kier alpha value is -3.73. The molecule has 2 aromatic carbocycles. The molecule has 0 saturated carbocycles. The van der Waals surface area contributed by atoms with E-state index in [-0.39, 0.29) is 17.9 Å².